The average Bonchev–Trinajstić information content (AvgIpc) is 2.28. The molecule has 0 bridgehead atoms. The summed E-state index contributed by atoms with van der Waals surface area (Å²) in [6.07, 6.45) is 3.13. The van der Waals surface area contributed by atoms with Gasteiger partial charge in [0.05, 0.1) is 17.4 Å². The van der Waals surface area contributed by atoms with Crippen LogP contribution in [0, 0.1) is 0 Å². The van der Waals surface area contributed by atoms with Crippen LogP contribution < -0.4 is 10.6 Å². The molecule has 0 aromatic carbocycles. The molecule has 0 atom stereocenters. The van der Waals surface area contributed by atoms with Gasteiger partial charge in [0.1, 0.15) is 0 Å². The van der Waals surface area contributed by atoms with E-state index in [0.717, 1.165) is 0 Å². The lowest BCUT2D eigenvalue weighted by Gasteiger charge is -2.10. The Kier molecular flexibility index (Phi) is 5.10. The minimum Gasteiger partial charge on any atom is -0.478 e. The van der Waals surface area contributed by atoms with Gasteiger partial charge in [-0.1, -0.05) is 0 Å². The number of carbonyl (C=O) groups excluding carboxylic acids is 1. The maximum atomic E-state index is 11.4. The van der Waals surface area contributed by atoms with Gasteiger partial charge >= 0.3 is 5.97 Å². The van der Waals surface area contributed by atoms with Crippen LogP contribution in [0.4, 0.5) is 5.69 Å². The first kappa shape index (κ1) is 14.0. The Morgan fingerprint density at radius 2 is 2.17 bits per heavy atom. The summed E-state index contributed by atoms with van der Waals surface area (Å²) in [7, 11) is 0. The molecule has 0 aliphatic rings. The topological polar surface area (TPSA) is 91.3 Å². The minimum atomic E-state index is -1.02. The highest BCUT2D eigenvalue weighted by Crippen LogP contribution is 2.12. The molecule has 1 aromatic rings. The molecule has 1 amide bonds. The first-order chi connectivity index (χ1) is 8.50. The fourth-order valence-corrected chi connectivity index (χ4v) is 1.43. The highest BCUT2D eigenvalue weighted by atomic mass is 16.4. The molecule has 6 nitrogen and oxygen atoms in total. The molecule has 18 heavy (non-hydrogen) atoms. The van der Waals surface area contributed by atoms with E-state index < -0.39 is 5.97 Å². The van der Waals surface area contributed by atoms with Crippen LogP contribution >= 0.6 is 0 Å². The van der Waals surface area contributed by atoms with Crippen LogP contribution in [0.3, 0.4) is 0 Å². The number of hydrogen-bond acceptors (Lipinski definition) is 4. The van der Waals surface area contributed by atoms with E-state index in [-0.39, 0.29) is 23.9 Å². The molecule has 98 valence electrons. The van der Waals surface area contributed by atoms with E-state index in [1.54, 1.807) is 0 Å². The summed E-state index contributed by atoms with van der Waals surface area (Å²) in [5.74, 6) is -1.09. The summed E-state index contributed by atoms with van der Waals surface area (Å²) in [5.41, 5.74) is 0.566. The Labute approximate surface area is 105 Å². The molecule has 3 N–H and O–H groups in total. The fraction of sp³-hybridized carbons (Fsp3) is 0.417. The van der Waals surface area contributed by atoms with Crippen molar-refractivity contribution in [2.45, 2.75) is 26.3 Å². The third-order valence-electron chi connectivity index (χ3n) is 2.17. The summed E-state index contributed by atoms with van der Waals surface area (Å²) in [6, 6.07) is 1.52. The van der Waals surface area contributed by atoms with Gasteiger partial charge < -0.3 is 15.7 Å². The molecule has 0 radical (unpaired) electrons. The number of amides is 1. The van der Waals surface area contributed by atoms with E-state index in [4.69, 9.17) is 5.11 Å². The Morgan fingerprint density at radius 1 is 1.44 bits per heavy atom. The van der Waals surface area contributed by atoms with Gasteiger partial charge in [-0.2, -0.15) is 0 Å². The summed E-state index contributed by atoms with van der Waals surface area (Å²) in [5, 5.41) is 14.6. The van der Waals surface area contributed by atoms with Crippen molar-refractivity contribution in [2.24, 2.45) is 0 Å². The van der Waals surface area contributed by atoms with E-state index in [1.807, 2.05) is 13.8 Å². The number of aromatic nitrogens is 1. The number of rotatable bonds is 6. The molecule has 6 heteroatoms. The van der Waals surface area contributed by atoms with Gasteiger partial charge in [0.2, 0.25) is 5.91 Å². The Hall–Kier alpha value is -2.11. The van der Waals surface area contributed by atoms with Crippen LogP contribution in [0.2, 0.25) is 0 Å². The van der Waals surface area contributed by atoms with Crippen molar-refractivity contribution in [3.8, 4) is 0 Å². The lowest BCUT2D eigenvalue weighted by molar-refractivity contribution is -0.121. The number of nitrogens with one attached hydrogen (secondary N) is 2. The van der Waals surface area contributed by atoms with E-state index >= 15 is 0 Å². The zero-order valence-corrected chi connectivity index (χ0v) is 10.4. The monoisotopic (exact) mass is 251 g/mol. The second kappa shape index (κ2) is 6.58. The van der Waals surface area contributed by atoms with Crippen molar-refractivity contribution < 1.29 is 14.7 Å². The molecular weight excluding hydrogens is 234 g/mol. The molecule has 0 saturated carbocycles. The van der Waals surface area contributed by atoms with Crippen LogP contribution in [0.25, 0.3) is 0 Å². The van der Waals surface area contributed by atoms with Crippen molar-refractivity contribution >= 4 is 17.6 Å². The van der Waals surface area contributed by atoms with Crippen molar-refractivity contribution in [3.05, 3.63) is 24.0 Å². The van der Waals surface area contributed by atoms with E-state index in [1.165, 1.54) is 18.5 Å². The zero-order valence-electron chi connectivity index (χ0n) is 10.4. The van der Waals surface area contributed by atoms with Crippen molar-refractivity contribution in [1.82, 2.24) is 10.3 Å². The van der Waals surface area contributed by atoms with E-state index in [2.05, 4.69) is 15.6 Å². The normalized spacial score (nSPS) is 10.2. The van der Waals surface area contributed by atoms with Gasteiger partial charge in [-0.15, -0.1) is 0 Å². The molecule has 0 aliphatic heterocycles. The highest BCUT2D eigenvalue weighted by molar-refractivity contribution is 5.93. The van der Waals surface area contributed by atoms with E-state index in [0.29, 0.717) is 12.2 Å². The SMILES string of the molecule is CC(C)NC(=O)CCNc1cnccc1C(=O)O. The van der Waals surface area contributed by atoms with Gasteiger partial charge in [-0.05, 0) is 19.9 Å². The number of carbonyl (C=O) groups is 2. The van der Waals surface area contributed by atoms with Gasteiger partial charge in [-0.3, -0.25) is 9.78 Å². The Bertz CT molecular complexity index is 432. The third kappa shape index (κ3) is 4.40. The summed E-state index contributed by atoms with van der Waals surface area (Å²) >= 11 is 0. The summed E-state index contributed by atoms with van der Waals surface area (Å²) < 4.78 is 0. The third-order valence-corrected chi connectivity index (χ3v) is 2.17. The predicted octanol–water partition coefficient (Wildman–Crippen LogP) is 1.11. The van der Waals surface area contributed by atoms with Gasteiger partial charge in [-0.25, -0.2) is 4.79 Å². The molecule has 0 saturated heterocycles. The average molecular weight is 251 g/mol. The van der Waals surface area contributed by atoms with Crippen molar-refractivity contribution in [2.75, 3.05) is 11.9 Å². The molecule has 0 spiro atoms. The number of carboxylic acids is 1. The molecule has 0 unspecified atom stereocenters. The second-order valence-corrected chi connectivity index (χ2v) is 4.13. The smallest absolute Gasteiger partial charge is 0.337 e. The molecular formula is C12H17N3O3. The predicted molar refractivity (Wildman–Crippen MR) is 67.6 cm³/mol. The summed E-state index contributed by atoms with van der Waals surface area (Å²) in [6.45, 7) is 4.13. The molecule has 0 aliphatic carbocycles. The minimum absolute atomic E-state index is 0.0711. The van der Waals surface area contributed by atoms with Crippen LogP contribution in [0.15, 0.2) is 18.5 Å². The number of carboxylic acid groups (broad SMARTS) is 1. The fourth-order valence-electron chi connectivity index (χ4n) is 1.43. The second-order valence-electron chi connectivity index (χ2n) is 4.13. The van der Waals surface area contributed by atoms with Gasteiger partial charge in [0.15, 0.2) is 0 Å². The van der Waals surface area contributed by atoms with E-state index in [9.17, 15) is 9.59 Å². The molecule has 1 aromatic heterocycles. The number of pyridine rings is 1. The number of nitrogens with zero attached hydrogens (tertiary/aromatic N) is 1. The maximum absolute atomic E-state index is 11.4. The van der Waals surface area contributed by atoms with Crippen LogP contribution in [0.5, 0.6) is 0 Å². The highest BCUT2D eigenvalue weighted by Gasteiger charge is 2.09. The largest absolute Gasteiger partial charge is 0.478 e. The molecule has 1 rings (SSSR count). The summed E-state index contributed by atoms with van der Waals surface area (Å²) in [4.78, 5) is 26.1. The molecule has 0 fully saturated rings. The lowest BCUT2D eigenvalue weighted by Crippen LogP contribution is -2.31. The maximum Gasteiger partial charge on any atom is 0.337 e. The quantitative estimate of drug-likeness (QED) is 0.704. The lowest BCUT2D eigenvalue weighted by atomic mass is 10.2. The first-order valence-corrected chi connectivity index (χ1v) is 5.71. The standard InChI is InChI=1S/C12H17N3O3/c1-8(2)15-11(16)4-6-14-10-7-13-5-3-9(10)12(17)18/h3,5,7-8,14H,4,6H2,1-2H3,(H,15,16)(H,17,18). The van der Waals surface area contributed by atoms with Gasteiger partial charge in [0.25, 0.3) is 0 Å². The van der Waals surface area contributed by atoms with Crippen LogP contribution in [0.1, 0.15) is 30.6 Å². The Morgan fingerprint density at radius 3 is 2.78 bits per heavy atom. The zero-order chi connectivity index (χ0) is 13.5. The molecule has 1 heterocycles. The van der Waals surface area contributed by atoms with Crippen molar-refractivity contribution in [1.29, 1.82) is 0 Å². The van der Waals surface area contributed by atoms with Gasteiger partial charge in [0, 0.05) is 25.2 Å². The first-order valence-electron chi connectivity index (χ1n) is 5.71. The number of hydrogen-bond donors (Lipinski definition) is 3. The van der Waals surface area contributed by atoms with Crippen LogP contribution in [-0.2, 0) is 4.79 Å². The Balaban J connectivity index is 2.49. The number of aromatic carboxylic acids is 1. The van der Waals surface area contributed by atoms with Crippen molar-refractivity contribution in [3.63, 3.8) is 0 Å². The van der Waals surface area contributed by atoms with Crippen LogP contribution in [-0.4, -0.2) is 34.6 Å². The number of anilines is 1.